The van der Waals surface area contributed by atoms with Gasteiger partial charge in [-0.2, -0.15) is 0 Å². The van der Waals surface area contributed by atoms with E-state index in [4.69, 9.17) is 0 Å². The van der Waals surface area contributed by atoms with Crippen molar-refractivity contribution in [1.29, 1.82) is 0 Å². The SMILES string of the molecule is SN1CCN(C2CCNCC2)CC1. The van der Waals surface area contributed by atoms with Gasteiger partial charge in [0, 0.05) is 32.2 Å². The summed E-state index contributed by atoms with van der Waals surface area (Å²) in [6.45, 7) is 7.04. The first-order valence-electron chi connectivity index (χ1n) is 5.25. The lowest BCUT2D eigenvalue weighted by Gasteiger charge is -2.39. The molecule has 2 fully saturated rings. The summed E-state index contributed by atoms with van der Waals surface area (Å²) in [6.07, 6.45) is 2.65. The van der Waals surface area contributed by atoms with Crippen LogP contribution in [0.15, 0.2) is 0 Å². The van der Waals surface area contributed by atoms with Crippen LogP contribution in [-0.4, -0.2) is 54.5 Å². The molecule has 0 saturated carbocycles. The second-order valence-corrected chi connectivity index (χ2v) is 4.54. The van der Waals surface area contributed by atoms with Gasteiger partial charge >= 0.3 is 0 Å². The Hall–Kier alpha value is 0.230. The fraction of sp³-hybridized carbons (Fsp3) is 1.00. The van der Waals surface area contributed by atoms with Crippen LogP contribution < -0.4 is 5.32 Å². The third-order valence-electron chi connectivity index (χ3n) is 3.12. The van der Waals surface area contributed by atoms with Crippen LogP contribution in [0.1, 0.15) is 12.8 Å². The third-order valence-corrected chi connectivity index (χ3v) is 3.52. The molecule has 0 amide bonds. The Balaban J connectivity index is 1.79. The second-order valence-electron chi connectivity index (χ2n) is 3.97. The largest absolute Gasteiger partial charge is 0.317 e. The minimum atomic E-state index is 0.836. The van der Waals surface area contributed by atoms with Gasteiger partial charge in [-0.05, 0) is 25.9 Å². The Labute approximate surface area is 86.0 Å². The molecule has 2 aliphatic rings. The Morgan fingerprint density at radius 1 is 1.00 bits per heavy atom. The molecule has 0 aromatic heterocycles. The van der Waals surface area contributed by atoms with Crippen molar-refractivity contribution in [2.24, 2.45) is 0 Å². The molecule has 76 valence electrons. The summed E-state index contributed by atoms with van der Waals surface area (Å²) in [5.41, 5.74) is 0. The fourth-order valence-corrected chi connectivity index (χ4v) is 2.43. The molecule has 2 heterocycles. The van der Waals surface area contributed by atoms with Gasteiger partial charge in [-0.3, -0.25) is 9.21 Å². The first kappa shape index (κ1) is 9.77. The Morgan fingerprint density at radius 2 is 1.62 bits per heavy atom. The molecule has 0 aromatic carbocycles. The third kappa shape index (κ3) is 2.59. The number of hydrogen-bond acceptors (Lipinski definition) is 4. The first-order chi connectivity index (χ1) is 6.36. The van der Waals surface area contributed by atoms with Gasteiger partial charge in [-0.15, -0.1) is 0 Å². The van der Waals surface area contributed by atoms with Crippen LogP contribution in [0.5, 0.6) is 0 Å². The minimum absolute atomic E-state index is 0.836. The van der Waals surface area contributed by atoms with Crippen molar-refractivity contribution >= 4 is 12.8 Å². The molecular weight excluding hydrogens is 182 g/mol. The lowest BCUT2D eigenvalue weighted by molar-refractivity contribution is 0.120. The molecule has 0 radical (unpaired) electrons. The summed E-state index contributed by atoms with van der Waals surface area (Å²) < 4.78 is 2.12. The number of piperidine rings is 1. The van der Waals surface area contributed by atoms with Gasteiger partial charge < -0.3 is 5.32 Å². The molecule has 0 atom stereocenters. The molecule has 0 aliphatic carbocycles. The average Bonchev–Trinajstić information content (AvgIpc) is 2.20. The number of nitrogens with zero attached hydrogens (tertiary/aromatic N) is 2. The predicted octanol–water partition coefficient (Wildman–Crippen LogP) is 0.201. The van der Waals surface area contributed by atoms with Crippen LogP contribution in [0, 0.1) is 0 Å². The van der Waals surface area contributed by atoms with Crippen LogP contribution in [0.25, 0.3) is 0 Å². The zero-order valence-corrected chi connectivity index (χ0v) is 8.97. The van der Waals surface area contributed by atoms with Crippen molar-refractivity contribution < 1.29 is 0 Å². The summed E-state index contributed by atoms with van der Waals surface area (Å²) in [7, 11) is 0. The maximum Gasteiger partial charge on any atom is 0.0216 e. The Kier molecular flexibility index (Phi) is 3.49. The molecular formula is C9H19N3S. The van der Waals surface area contributed by atoms with Gasteiger partial charge in [-0.1, -0.05) is 12.8 Å². The number of thiol groups is 1. The van der Waals surface area contributed by atoms with Crippen molar-refractivity contribution in [2.45, 2.75) is 18.9 Å². The van der Waals surface area contributed by atoms with Crippen molar-refractivity contribution in [2.75, 3.05) is 39.3 Å². The van der Waals surface area contributed by atoms with Crippen LogP contribution in [-0.2, 0) is 0 Å². The summed E-state index contributed by atoms with van der Waals surface area (Å²) in [6, 6.07) is 0.836. The maximum atomic E-state index is 4.36. The Morgan fingerprint density at radius 3 is 2.23 bits per heavy atom. The number of hydrogen-bond donors (Lipinski definition) is 2. The molecule has 1 N–H and O–H groups in total. The number of nitrogens with one attached hydrogen (secondary N) is 1. The van der Waals surface area contributed by atoms with Crippen LogP contribution in [0.4, 0.5) is 0 Å². The van der Waals surface area contributed by atoms with Gasteiger partial charge in [0.25, 0.3) is 0 Å². The van der Waals surface area contributed by atoms with Crippen LogP contribution in [0.3, 0.4) is 0 Å². The van der Waals surface area contributed by atoms with E-state index >= 15 is 0 Å². The molecule has 0 unspecified atom stereocenters. The lowest BCUT2D eigenvalue weighted by atomic mass is 10.0. The van der Waals surface area contributed by atoms with Crippen molar-refractivity contribution in [3.05, 3.63) is 0 Å². The highest BCUT2D eigenvalue weighted by atomic mass is 32.1. The average molecular weight is 201 g/mol. The van der Waals surface area contributed by atoms with Gasteiger partial charge in [-0.25, -0.2) is 0 Å². The van der Waals surface area contributed by atoms with Crippen molar-refractivity contribution in [3.8, 4) is 0 Å². The van der Waals surface area contributed by atoms with Crippen LogP contribution >= 0.6 is 12.8 Å². The first-order valence-corrected chi connectivity index (χ1v) is 5.65. The van der Waals surface area contributed by atoms with E-state index in [1.54, 1.807) is 0 Å². The molecule has 2 rings (SSSR count). The molecule has 0 aromatic rings. The molecule has 4 heteroatoms. The molecule has 2 aliphatic heterocycles. The van der Waals surface area contributed by atoms with Gasteiger partial charge in [0.05, 0.1) is 0 Å². The van der Waals surface area contributed by atoms with Gasteiger partial charge in [0.1, 0.15) is 0 Å². The maximum absolute atomic E-state index is 4.36. The minimum Gasteiger partial charge on any atom is -0.317 e. The lowest BCUT2D eigenvalue weighted by Crippen LogP contribution is -2.50. The van der Waals surface area contributed by atoms with Crippen molar-refractivity contribution in [1.82, 2.24) is 14.5 Å². The fourth-order valence-electron chi connectivity index (χ4n) is 2.25. The number of rotatable bonds is 1. The zero-order valence-electron chi connectivity index (χ0n) is 8.08. The molecule has 0 spiro atoms. The molecule has 3 nitrogen and oxygen atoms in total. The number of piperazine rings is 1. The van der Waals surface area contributed by atoms with Gasteiger partial charge in [0.15, 0.2) is 0 Å². The van der Waals surface area contributed by atoms with E-state index in [2.05, 4.69) is 27.3 Å². The topological polar surface area (TPSA) is 18.5 Å². The van der Waals surface area contributed by atoms with E-state index in [1.807, 2.05) is 0 Å². The van der Waals surface area contributed by atoms with E-state index in [-0.39, 0.29) is 0 Å². The van der Waals surface area contributed by atoms with E-state index in [0.717, 1.165) is 19.1 Å². The summed E-state index contributed by atoms with van der Waals surface area (Å²) >= 11 is 4.36. The highest BCUT2D eigenvalue weighted by molar-refractivity contribution is 7.77. The summed E-state index contributed by atoms with van der Waals surface area (Å²) in [4.78, 5) is 2.63. The Bertz CT molecular complexity index is 151. The highest BCUT2D eigenvalue weighted by Crippen LogP contribution is 2.14. The predicted molar refractivity (Wildman–Crippen MR) is 58.0 cm³/mol. The highest BCUT2D eigenvalue weighted by Gasteiger charge is 2.23. The molecule has 0 bridgehead atoms. The van der Waals surface area contributed by atoms with E-state index in [9.17, 15) is 0 Å². The normalized spacial score (nSPS) is 29.3. The van der Waals surface area contributed by atoms with E-state index < -0.39 is 0 Å². The smallest absolute Gasteiger partial charge is 0.0216 e. The quantitative estimate of drug-likeness (QED) is 0.591. The van der Waals surface area contributed by atoms with E-state index in [1.165, 1.54) is 39.0 Å². The van der Waals surface area contributed by atoms with E-state index in [0.29, 0.717) is 0 Å². The zero-order chi connectivity index (χ0) is 9.10. The van der Waals surface area contributed by atoms with Crippen molar-refractivity contribution in [3.63, 3.8) is 0 Å². The monoisotopic (exact) mass is 201 g/mol. The second kappa shape index (κ2) is 4.64. The summed E-state index contributed by atoms with van der Waals surface area (Å²) in [5, 5.41) is 3.41. The molecule has 13 heavy (non-hydrogen) atoms. The summed E-state index contributed by atoms with van der Waals surface area (Å²) in [5.74, 6) is 0. The van der Waals surface area contributed by atoms with Crippen LogP contribution in [0.2, 0.25) is 0 Å². The molecule has 2 saturated heterocycles. The standard InChI is InChI=1S/C9H19N3S/c13-12-7-5-11(6-8-12)9-1-3-10-4-2-9/h9-10,13H,1-8H2. The van der Waals surface area contributed by atoms with Gasteiger partial charge in [0.2, 0.25) is 0 Å².